The summed E-state index contributed by atoms with van der Waals surface area (Å²) in [5, 5.41) is 4.50. The van der Waals surface area contributed by atoms with Crippen LogP contribution in [0.3, 0.4) is 0 Å². The van der Waals surface area contributed by atoms with E-state index in [1.165, 1.54) is 0 Å². The molecule has 0 bridgehead atoms. The van der Waals surface area contributed by atoms with Gasteiger partial charge in [-0.25, -0.2) is 0 Å². The van der Waals surface area contributed by atoms with Crippen LogP contribution in [0.2, 0.25) is 10.0 Å². The van der Waals surface area contributed by atoms with E-state index in [4.69, 9.17) is 23.2 Å². The van der Waals surface area contributed by atoms with Crippen LogP contribution < -0.4 is 5.32 Å². The lowest BCUT2D eigenvalue weighted by Crippen LogP contribution is -2.44. The van der Waals surface area contributed by atoms with E-state index in [1.54, 1.807) is 18.2 Å². The predicted molar refractivity (Wildman–Crippen MR) is 82.5 cm³/mol. The predicted octanol–water partition coefficient (Wildman–Crippen LogP) is 3.88. The summed E-state index contributed by atoms with van der Waals surface area (Å²) in [5.74, 6) is 0. The minimum atomic E-state index is -1.14. The first kappa shape index (κ1) is 15.3. The SMILES string of the molecule is CNC1C(S(=O)c2cc(Cl)ccc2Cl)CCC1(C)C. The van der Waals surface area contributed by atoms with Crippen LogP contribution in [0, 0.1) is 5.41 Å². The highest BCUT2D eigenvalue weighted by molar-refractivity contribution is 7.86. The molecule has 19 heavy (non-hydrogen) atoms. The van der Waals surface area contributed by atoms with Crippen molar-refractivity contribution in [3.8, 4) is 0 Å². The van der Waals surface area contributed by atoms with Gasteiger partial charge in [0.15, 0.2) is 0 Å². The van der Waals surface area contributed by atoms with Gasteiger partial charge in [0.1, 0.15) is 0 Å². The van der Waals surface area contributed by atoms with E-state index in [-0.39, 0.29) is 16.7 Å². The third-order valence-electron chi connectivity index (χ3n) is 3.98. The van der Waals surface area contributed by atoms with Crippen molar-refractivity contribution in [2.45, 2.75) is 42.9 Å². The van der Waals surface area contributed by atoms with Crippen LogP contribution in [0.25, 0.3) is 0 Å². The summed E-state index contributed by atoms with van der Waals surface area (Å²) in [6, 6.07) is 5.38. The van der Waals surface area contributed by atoms with Crippen LogP contribution in [0.5, 0.6) is 0 Å². The van der Waals surface area contributed by atoms with Crippen molar-refractivity contribution in [1.82, 2.24) is 5.32 Å². The summed E-state index contributed by atoms with van der Waals surface area (Å²) >= 11 is 12.1. The Bertz CT molecular complexity index is 504. The quantitative estimate of drug-likeness (QED) is 0.916. The molecule has 2 rings (SSSR count). The van der Waals surface area contributed by atoms with Crippen LogP contribution >= 0.6 is 23.2 Å². The van der Waals surface area contributed by atoms with Crippen LogP contribution in [-0.2, 0) is 10.8 Å². The number of halogens is 2. The number of hydrogen-bond donors (Lipinski definition) is 1. The number of hydrogen-bond acceptors (Lipinski definition) is 2. The van der Waals surface area contributed by atoms with Gasteiger partial charge in [-0.05, 0) is 43.5 Å². The second-order valence-electron chi connectivity index (χ2n) is 5.70. The largest absolute Gasteiger partial charge is 0.315 e. The van der Waals surface area contributed by atoms with Gasteiger partial charge in [0.05, 0.1) is 26.0 Å². The summed E-state index contributed by atoms with van der Waals surface area (Å²) < 4.78 is 12.8. The Labute approximate surface area is 127 Å². The summed E-state index contributed by atoms with van der Waals surface area (Å²) in [7, 11) is 0.796. The van der Waals surface area contributed by atoms with E-state index in [0.29, 0.717) is 14.9 Å². The Hall–Kier alpha value is -0.0900. The maximum absolute atomic E-state index is 12.8. The first-order valence-corrected chi connectivity index (χ1v) is 8.36. The Morgan fingerprint density at radius 1 is 1.37 bits per heavy atom. The van der Waals surface area contributed by atoms with Gasteiger partial charge in [0.25, 0.3) is 0 Å². The number of benzene rings is 1. The summed E-state index contributed by atoms with van der Waals surface area (Å²) in [4.78, 5) is 0.650. The Morgan fingerprint density at radius 3 is 2.68 bits per heavy atom. The van der Waals surface area contributed by atoms with Gasteiger partial charge in [0, 0.05) is 11.1 Å². The van der Waals surface area contributed by atoms with Gasteiger partial charge in [-0.2, -0.15) is 0 Å². The van der Waals surface area contributed by atoms with E-state index in [9.17, 15) is 4.21 Å². The Kier molecular flexibility index (Phi) is 4.61. The van der Waals surface area contributed by atoms with Gasteiger partial charge >= 0.3 is 0 Å². The molecule has 3 atom stereocenters. The summed E-state index contributed by atoms with van der Waals surface area (Å²) in [6.45, 7) is 4.43. The first-order chi connectivity index (χ1) is 8.86. The second kappa shape index (κ2) is 5.72. The van der Waals surface area contributed by atoms with Crippen LogP contribution in [0.1, 0.15) is 26.7 Å². The third kappa shape index (κ3) is 2.99. The van der Waals surface area contributed by atoms with Gasteiger partial charge < -0.3 is 5.32 Å². The summed E-state index contributed by atoms with van der Waals surface area (Å²) in [6.07, 6.45) is 2.00. The minimum Gasteiger partial charge on any atom is -0.315 e. The highest BCUT2D eigenvalue weighted by Gasteiger charge is 2.44. The van der Waals surface area contributed by atoms with Crippen LogP contribution in [-0.4, -0.2) is 22.5 Å². The van der Waals surface area contributed by atoms with Crippen molar-refractivity contribution in [1.29, 1.82) is 0 Å². The van der Waals surface area contributed by atoms with E-state index in [0.717, 1.165) is 12.8 Å². The van der Waals surface area contributed by atoms with Gasteiger partial charge in [-0.3, -0.25) is 4.21 Å². The molecule has 106 valence electrons. The normalized spacial score (nSPS) is 27.4. The standard InChI is InChI=1S/C14H19Cl2NOS/c1-14(2)7-6-11(13(14)17-3)19(18)12-8-9(15)4-5-10(12)16/h4-5,8,11,13,17H,6-7H2,1-3H3. The molecule has 1 N–H and O–H groups in total. The van der Waals surface area contributed by atoms with Gasteiger partial charge in [-0.1, -0.05) is 37.0 Å². The molecule has 1 fully saturated rings. The fraction of sp³-hybridized carbons (Fsp3) is 0.571. The first-order valence-electron chi connectivity index (χ1n) is 6.39. The smallest absolute Gasteiger partial charge is 0.0592 e. The van der Waals surface area contributed by atoms with Crippen molar-refractivity contribution >= 4 is 34.0 Å². The molecule has 1 aromatic carbocycles. The zero-order valence-electron chi connectivity index (χ0n) is 11.4. The van der Waals surface area contributed by atoms with Crippen LogP contribution in [0.15, 0.2) is 23.1 Å². The average Bonchev–Trinajstić information content (AvgIpc) is 2.66. The monoisotopic (exact) mass is 319 g/mol. The Morgan fingerprint density at radius 2 is 2.05 bits per heavy atom. The molecular weight excluding hydrogens is 301 g/mol. The van der Waals surface area contributed by atoms with E-state index >= 15 is 0 Å². The van der Waals surface area contributed by atoms with E-state index < -0.39 is 10.8 Å². The van der Waals surface area contributed by atoms with Crippen molar-refractivity contribution in [3.05, 3.63) is 28.2 Å². The molecule has 2 nitrogen and oxygen atoms in total. The molecule has 0 radical (unpaired) electrons. The molecule has 0 aliphatic heterocycles. The van der Waals surface area contributed by atoms with Gasteiger partial charge in [-0.15, -0.1) is 0 Å². The van der Waals surface area contributed by atoms with Crippen molar-refractivity contribution in [3.63, 3.8) is 0 Å². The highest BCUT2D eigenvalue weighted by Crippen LogP contribution is 2.41. The van der Waals surface area contributed by atoms with E-state index in [1.807, 2.05) is 7.05 Å². The zero-order chi connectivity index (χ0) is 14.2. The molecule has 0 heterocycles. The summed E-state index contributed by atoms with van der Waals surface area (Å²) in [5.41, 5.74) is 0.153. The molecule has 1 aliphatic rings. The average molecular weight is 320 g/mol. The third-order valence-corrected chi connectivity index (χ3v) is 6.49. The molecule has 1 aromatic rings. The molecule has 1 saturated carbocycles. The number of rotatable bonds is 3. The van der Waals surface area contributed by atoms with Crippen molar-refractivity contribution < 1.29 is 4.21 Å². The molecule has 1 aliphatic carbocycles. The van der Waals surface area contributed by atoms with Crippen LogP contribution in [0.4, 0.5) is 0 Å². The molecular formula is C14H19Cl2NOS. The molecule has 5 heteroatoms. The Balaban J connectivity index is 2.32. The lowest BCUT2D eigenvalue weighted by atomic mass is 9.87. The maximum atomic E-state index is 12.8. The second-order valence-corrected chi connectivity index (χ2v) is 8.19. The topological polar surface area (TPSA) is 29.1 Å². The molecule has 3 unspecified atom stereocenters. The zero-order valence-corrected chi connectivity index (χ0v) is 13.7. The van der Waals surface area contributed by atoms with Gasteiger partial charge in [0.2, 0.25) is 0 Å². The molecule has 0 saturated heterocycles. The lowest BCUT2D eigenvalue weighted by Gasteiger charge is -2.30. The van der Waals surface area contributed by atoms with Crippen molar-refractivity contribution in [2.24, 2.45) is 5.41 Å². The minimum absolute atomic E-state index is 0.0796. The lowest BCUT2D eigenvalue weighted by molar-refractivity contribution is 0.299. The fourth-order valence-corrected chi connectivity index (χ4v) is 5.44. The highest BCUT2D eigenvalue weighted by atomic mass is 35.5. The molecule has 0 amide bonds. The molecule has 0 aromatic heterocycles. The maximum Gasteiger partial charge on any atom is 0.0592 e. The van der Waals surface area contributed by atoms with E-state index in [2.05, 4.69) is 19.2 Å². The molecule has 0 spiro atoms. The van der Waals surface area contributed by atoms with Crippen molar-refractivity contribution in [2.75, 3.05) is 7.05 Å². The fourth-order valence-electron chi connectivity index (χ4n) is 2.94. The number of nitrogens with one attached hydrogen (secondary N) is 1.